The second-order valence-electron chi connectivity index (χ2n) is 7.70. The topological polar surface area (TPSA) is 67.9 Å². The van der Waals surface area contributed by atoms with Crippen LogP contribution in [-0.4, -0.2) is 31.6 Å². The molecular weight excluding hydrogens is 424 g/mol. The highest BCUT2D eigenvalue weighted by Crippen LogP contribution is 2.46. The Labute approximate surface area is 190 Å². The number of amides is 2. The third-order valence-electron chi connectivity index (χ3n) is 5.40. The van der Waals surface area contributed by atoms with Crippen LogP contribution in [0.4, 0.5) is 11.4 Å². The van der Waals surface area contributed by atoms with Crippen LogP contribution < -0.4 is 19.7 Å². The summed E-state index contributed by atoms with van der Waals surface area (Å²) >= 11 is 1.55. The number of rotatable bonds is 6. The van der Waals surface area contributed by atoms with Gasteiger partial charge in [0, 0.05) is 21.5 Å². The van der Waals surface area contributed by atoms with Crippen molar-refractivity contribution in [2.24, 2.45) is 0 Å². The number of fused-ring (bicyclic) bond motifs is 2. The molecule has 0 radical (unpaired) electrons. The molecule has 1 fully saturated rings. The molecule has 32 heavy (non-hydrogen) atoms. The molecule has 2 aliphatic rings. The first-order valence-corrected chi connectivity index (χ1v) is 11.3. The average Bonchev–Trinajstić information content (AvgIpc) is 3.65. The Balaban J connectivity index is 1.33. The molecule has 1 aliphatic carbocycles. The summed E-state index contributed by atoms with van der Waals surface area (Å²) in [4.78, 5) is 29.4. The summed E-state index contributed by atoms with van der Waals surface area (Å²) in [5.74, 6) is 1.10. The molecule has 7 heteroatoms. The van der Waals surface area contributed by atoms with Crippen LogP contribution >= 0.6 is 11.8 Å². The molecule has 1 N–H and O–H groups in total. The second kappa shape index (κ2) is 8.59. The van der Waals surface area contributed by atoms with Crippen LogP contribution in [0.1, 0.15) is 23.2 Å². The number of nitrogens with zero attached hydrogens (tertiary/aromatic N) is 1. The van der Waals surface area contributed by atoms with Gasteiger partial charge in [-0.1, -0.05) is 23.9 Å². The van der Waals surface area contributed by atoms with Crippen molar-refractivity contribution in [3.8, 4) is 11.5 Å². The summed E-state index contributed by atoms with van der Waals surface area (Å²) < 4.78 is 10.7. The van der Waals surface area contributed by atoms with Crippen LogP contribution in [0.15, 0.2) is 76.5 Å². The predicted octanol–water partition coefficient (Wildman–Crippen LogP) is 4.99. The Morgan fingerprint density at radius 2 is 1.78 bits per heavy atom. The van der Waals surface area contributed by atoms with Gasteiger partial charge in [-0.05, 0) is 67.4 Å². The summed E-state index contributed by atoms with van der Waals surface area (Å²) in [5.41, 5.74) is 2.28. The van der Waals surface area contributed by atoms with Crippen molar-refractivity contribution in [3.05, 3.63) is 72.3 Å². The lowest BCUT2D eigenvalue weighted by Crippen LogP contribution is -2.32. The molecule has 0 atom stereocenters. The molecule has 0 aromatic heterocycles. The van der Waals surface area contributed by atoms with Crippen molar-refractivity contribution in [3.63, 3.8) is 0 Å². The standard InChI is InChI=1S/C25H22N2O4S/c1-30-18-9-11-19(12-10-18)31-15-24(28)26-16-6-13-21-23(14-16)32-22-5-3-2-4-20(22)25(29)27(21)17-7-8-17/h2-6,9-14,17H,7-8,15H2,1H3,(H,26,28). The zero-order chi connectivity index (χ0) is 22.1. The van der Waals surface area contributed by atoms with E-state index in [1.54, 1.807) is 43.1 Å². The molecule has 1 saturated carbocycles. The number of ether oxygens (including phenoxy) is 2. The van der Waals surface area contributed by atoms with Crippen LogP contribution in [0.2, 0.25) is 0 Å². The van der Waals surface area contributed by atoms with E-state index in [4.69, 9.17) is 9.47 Å². The van der Waals surface area contributed by atoms with Crippen LogP contribution in [0.25, 0.3) is 0 Å². The molecule has 3 aromatic carbocycles. The van der Waals surface area contributed by atoms with Gasteiger partial charge in [-0.25, -0.2) is 0 Å². The van der Waals surface area contributed by atoms with Gasteiger partial charge >= 0.3 is 0 Å². The molecule has 5 rings (SSSR count). The van der Waals surface area contributed by atoms with Crippen molar-refractivity contribution < 1.29 is 19.1 Å². The maximum absolute atomic E-state index is 13.2. The van der Waals surface area contributed by atoms with E-state index in [-0.39, 0.29) is 24.5 Å². The highest BCUT2D eigenvalue weighted by molar-refractivity contribution is 7.99. The van der Waals surface area contributed by atoms with E-state index in [0.29, 0.717) is 11.4 Å². The van der Waals surface area contributed by atoms with E-state index in [0.717, 1.165) is 39.6 Å². The number of carbonyl (C=O) groups excluding carboxylic acids is 2. The quantitative estimate of drug-likeness (QED) is 0.578. The number of nitrogens with one attached hydrogen (secondary N) is 1. The van der Waals surface area contributed by atoms with Gasteiger partial charge in [-0.2, -0.15) is 0 Å². The van der Waals surface area contributed by atoms with Crippen LogP contribution in [0, 0.1) is 0 Å². The van der Waals surface area contributed by atoms with E-state index in [1.807, 2.05) is 47.4 Å². The highest BCUT2D eigenvalue weighted by atomic mass is 32.2. The monoisotopic (exact) mass is 446 g/mol. The average molecular weight is 447 g/mol. The van der Waals surface area contributed by atoms with E-state index >= 15 is 0 Å². The van der Waals surface area contributed by atoms with Crippen LogP contribution in [0.3, 0.4) is 0 Å². The Morgan fingerprint density at radius 3 is 2.53 bits per heavy atom. The fraction of sp³-hybridized carbons (Fsp3) is 0.200. The van der Waals surface area contributed by atoms with E-state index in [9.17, 15) is 9.59 Å². The number of methoxy groups -OCH3 is 1. The lowest BCUT2D eigenvalue weighted by molar-refractivity contribution is -0.118. The van der Waals surface area contributed by atoms with Gasteiger partial charge < -0.3 is 19.7 Å². The van der Waals surface area contributed by atoms with Gasteiger partial charge in [0.2, 0.25) is 0 Å². The second-order valence-corrected chi connectivity index (χ2v) is 8.78. The lowest BCUT2D eigenvalue weighted by Gasteiger charge is -2.23. The predicted molar refractivity (Wildman–Crippen MR) is 124 cm³/mol. The molecule has 0 spiro atoms. The van der Waals surface area contributed by atoms with E-state index in [2.05, 4.69) is 5.32 Å². The smallest absolute Gasteiger partial charge is 0.262 e. The van der Waals surface area contributed by atoms with E-state index in [1.165, 1.54) is 0 Å². The molecule has 3 aromatic rings. The minimum atomic E-state index is -0.255. The van der Waals surface area contributed by atoms with Crippen molar-refractivity contribution >= 4 is 35.0 Å². The molecule has 1 heterocycles. The molecule has 0 bridgehead atoms. The normalized spacial score (nSPS) is 14.8. The molecular formula is C25H22N2O4S. The Kier molecular flexibility index (Phi) is 5.49. The summed E-state index contributed by atoms with van der Waals surface area (Å²) in [6.45, 7) is -0.105. The van der Waals surface area contributed by atoms with Gasteiger partial charge in [-0.15, -0.1) is 0 Å². The molecule has 0 unspecified atom stereocenters. The fourth-order valence-corrected chi connectivity index (χ4v) is 4.78. The minimum absolute atomic E-state index is 0.0408. The van der Waals surface area contributed by atoms with Gasteiger partial charge in [-0.3, -0.25) is 9.59 Å². The third kappa shape index (κ3) is 4.16. The summed E-state index contributed by atoms with van der Waals surface area (Å²) in [6, 6.07) is 20.7. The lowest BCUT2D eigenvalue weighted by atomic mass is 10.1. The summed E-state index contributed by atoms with van der Waals surface area (Å²) in [5, 5.41) is 2.89. The Bertz CT molecular complexity index is 1170. The van der Waals surface area contributed by atoms with Crippen molar-refractivity contribution in [2.75, 3.05) is 23.9 Å². The maximum atomic E-state index is 13.2. The highest BCUT2D eigenvalue weighted by Gasteiger charge is 2.38. The first-order valence-electron chi connectivity index (χ1n) is 10.4. The number of anilines is 2. The number of carbonyl (C=O) groups is 2. The fourth-order valence-electron chi connectivity index (χ4n) is 3.68. The zero-order valence-electron chi connectivity index (χ0n) is 17.5. The third-order valence-corrected chi connectivity index (χ3v) is 6.52. The first-order chi connectivity index (χ1) is 15.6. The first kappa shape index (κ1) is 20.5. The molecule has 2 amide bonds. The van der Waals surface area contributed by atoms with Crippen molar-refractivity contribution in [2.45, 2.75) is 28.7 Å². The number of hydrogen-bond acceptors (Lipinski definition) is 5. The molecule has 6 nitrogen and oxygen atoms in total. The number of benzene rings is 3. The largest absolute Gasteiger partial charge is 0.497 e. The van der Waals surface area contributed by atoms with Crippen LogP contribution in [0.5, 0.6) is 11.5 Å². The van der Waals surface area contributed by atoms with Crippen molar-refractivity contribution in [1.82, 2.24) is 0 Å². The Morgan fingerprint density at radius 1 is 1.03 bits per heavy atom. The summed E-state index contributed by atoms with van der Waals surface area (Å²) in [6.07, 6.45) is 2.03. The molecule has 162 valence electrons. The van der Waals surface area contributed by atoms with Gasteiger partial charge in [0.15, 0.2) is 6.61 Å². The van der Waals surface area contributed by atoms with Gasteiger partial charge in [0.25, 0.3) is 11.8 Å². The number of hydrogen-bond donors (Lipinski definition) is 1. The van der Waals surface area contributed by atoms with Crippen molar-refractivity contribution in [1.29, 1.82) is 0 Å². The van der Waals surface area contributed by atoms with Gasteiger partial charge in [0.05, 0.1) is 18.4 Å². The maximum Gasteiger partial charge on any atom is 0.262 e. The Hall–Kier alpha value is -3.45. The molecule has 0 saturated heterocycles. The van der Waals surface area contributed by atoms with E-state index < -0.39 is 0 Å². The summed E-state index contributed by atoms with van der Waals surface area (Å²) in [7, 11) is 1.60. The molecule has 1 aliphatic heterocycles. The van der Waals surface area contributed by atoms with Crippen LogP contribution in [-0.2, 0) is 4.79 Å². The van der Waals surface area contributed by atoms with Gasteiger partial charge in [0.1, 0.15) is 11.5 Å². The SMILES string of the molecule is COc1ccc(OCC(=O)Nc2ccc3c(c2)Sc2ccccc2C(=O)N3C2CC2)cc1. The minimum Gasteiger partial charge on any atom is -0.497 e. The zero-order valence-corrected chi connectivity index (χ0v) is 18.4.